The number of imidazole rings is 1. The molecule has 1 aromatic heterocycles. The number of aromatic nitrogens is 2. The maximum atomic E-state index is 6.62. The van der Waals surface area contributed by atoms with E-state index in [2.05, 4.69) is 47.8 Å². The van der Waals surface area contributed by atoms with E-state index >= 15 is 0 Å². The molecule has 5 nitrogen and oxygen atoms in total. The predicted octanol–water partition coefficient (Wildman–Crippen LogP) is 5.02. The van der Waals surface area contributed by atoms with Gasteiger partial charge in [-0.15, -0.1) is 0 Å². The van der Waals surface area contributed by atoms with Crippen LogP contribution in [-0.4, -0.2) is 66.1 Å². The lowest BCUT2D eigenvalue weighted by atomic mass is 10.0. The molecule has 1 N–H and O–H groups in total. The van der Waals surface area contributed by atoms with Gasteiger partial charge in [0.2, 0.25) is 0 Å². The maximum absolute atomic E-state index is 6.62. The van der Waals surface area contributed by atoms with Crippen molar-refractivity contribution in [2.45, 2.75) is 33.1 Å². The lowest BCUT2D eigenvalue weighted by Crippen LogP contribution is -2.44. The molecule has 1 fully saturated rings. The Morgan fingerprint density at radius 1 is 1.06 bits per heavy atom. The average Bonchev–Trinajstić information content (AvgIpc) is 3.21. The van der Waals surface area contributed by atoms with Crippen molar-refractivity contribution in [3.63, 3.8) is 0 Å². The average molecular weight is 441 g/mol. The summed E-state index contributed by atoms with van der Waals surface area (Å²) in [6.45, 7) is 10.8. The molecule has 31 heavy (non-hydrogen) atoms. The standard InChI is InChI=1S/C25H33ClN4O/c1-4-18-7-10-23-24(20(18)5-2)28-25(27-23)21-9-8-19(17-22(21)26)31-16-6-11-30-14-12-29(3)13-15-30/h7-10,17H,4-6,11-16H2,1-3H3,(H,27,28). The van der Waals surface area contributed by atoms with Crippen molar-refractivity contribution in [1.29, 1.82) is 0 Å². The molecule has 1 aliphatic heterocycles. The molecule has 0 saturated carbocycles. The Bertz CT molecular complexity index is 1020. The van der Waals surface area contributed by atoms with Crippen LogP contribution < -0.4 is 4.74 Å². The molecule has 0 amide bonds. The summed E-state index contributed by atoms with van der Waals surface area (Å²) < 4.78 is 5.96. The number of nitrogens with zero attached hydrogens (tertiary/aromatic N) is 3. The zero-order chi connectivity index (χ0) is 21.8. The molecular formula is C25H33ClN4O. The Morgan fingerprint density at radius 3 is 2.58 bits per heavy atom. The lowest BCUT2D eigenvalue weighted by molar-refractivity contribution is 0.145. The molecule has 0 bridgehead atoms. The molecule has 0 atom stereocenters. The van der Waals surface area contributed by atoms with E-state index in [1.165, 1.54) is 11.1 Å². The van der Waals surface area contributed by atoms with Crippen LogP contribution in [0.4, 0.5) is 0 Å². The van der Waals surface area contributed by atoms with E-state index in [1.807, 2.05) is 18.2 Å². The molecule has 0 radical (unpaired) electrons. The first-order valence-corrected chi connectivity index (χ1v) is 11.8. The quantitative estimate of drug-likeness (QED) is 0.499. The van der Waals surface area contributed by atoms with E-state index in [1.54, 1.807) is 0 Å². The van der Waals surface area contributed by atoms with Gasteiger partial charge in [-0.3, -0.25) is 0 Å². The Hall–Kier alpha value is -2.08. The van der Waals surface area contributed by atoms with Gasteiger partial charge in [0.05, 0.1) is 22.7 Å². The molecule has 0 aliphatic carbocycles. The monoisotopic (exact) mass is 440 g/mol. The first kappa shape index (κ1) is 22.1. The number of rotatable bonds is 8. The second-order valence-corrected chi connectivity index (χ2v) is 8.79. The first-order valence-electron chi connectivity index (χ1n) is 11.4. The number of piperazine rings is 1. The minimum Gasteiger partial charge on any atom is -0.493 e. The topological polar surface area (TPSA) is 44.4 Å². The molecule has 6 heteroatoms. The molecule has 2 heterocycles. The van der Waals surface area contributed by atoms with Gasteiger partial charge in [0.1, 0.15) is 11.6 Å². The fourth-order valence-electron chi connectivity index (χ4n) is 4.35. The minimum atomic E-state index is 0.657. The number of aryl methyl sites for hydroxylation is 2. The fraction of sp³-hybridized carbons (Fsp3) is 0.480. The van der Waals surface area contributed by atoms with Crippen LogP contribution in [0.5, 0.6) is 5.75 Å². The molecule has 2 aromatic carbocycles. The number of hydrogen-bond acceptors (Lipinski definition) is 4. The van der Waals surface area contributed by atoms with Gasteiger partial charge in [-0.25, -0.2) is 4.98 Å². The van der Waals surface area contributed by atoms with Crippen molar-refractivity contribution in [3.8, 4) is 17.1 Å². The fourth-order valence-corrected chi connectivity index (χ4v) is 4.61. The number of halogens is 1. The van der Waals surface area contributed by atoms with Crippen LogP contribution in [0, 0.1) is 0 Å². The van der Waals surface area contributed by atoms with Gasteiger partial charge < -0.3 is 19.5 Å². The van der Waals surface area contributed by atoms with Crippen molar-refractivity contribution >= 4 is 22.6 Å². The molecule has 0 spiro atoms. The van der Waals surface area contributed by atoms with E-state index in [-0.39, 0.29) is 0 Å². The smallest absolute Gasteiger partial charge is 0.140 e. The minimum absolute atomic E-state index is 0.657. The molecular weight excluding hydrogens is 408 g/mol. The normalized spacial score (nSPS) is 15.6. The summed E-state index contributed by atoms with van der Waals surface area (Å²) in [5.74, 6) is 1.62. The van der Waals surface area contributed by atoms with Gasteiger partial charge in [-0.2, -0.15) is 0 Å². The van der Waals surface area contributed by atoms with Crippen LogP contribution in [0.2, 0.25) is 5.02 Å². The van der Waals surface area contributed by atoms with Crippen molar-refractivity contribution in [1.82, 2.24) is 19.8 Å². The van der Waals surface area contributed by atoms with Gasteiger partial charge in [-0.05, 0) is 61.7 Å². The molecule has 166 valence electrons. The van der Waals surface area contributed by atoms with Crippen molar-refractivity contribution in [3.05, 3.63) is 46.5 Å². The van der Waals surface area contributed by atoms with Crippen LogP contribution in [0.1, 0.15) is 31.4 Å². The molecule has 3 aromatic rings. The highest BCUT2D eigenvalue weighted by Crippen LogP contribution is 2.32. The van der Waals surface area contributed by atoms with Gasteiger partial charge in [-0.1, -0.05) is 31.5 Å². The summed E-state index contributed by atoms with van der Waals surface area (Å²) in [5.41, 5.74) is 5.70. The van der Waals surface area contributed by atoms with Crippen molar-refractivity contribution < 1.29 is 4.74 Å². The third kappa shape index (κ3) is 5.05. The lowest BCUT2D eigenvalue weighted by Gasteiger charge is -2.32. The third-order valence-corrected chi connectivity index (χ3v) is 6.58. The van der Waals surface area contributed by atoms with Gasteiger partial charge in [0, 0.05) is 38.3 Å². The molecule has 0 unspecified atom stereocenters. The van der Waals surface area contributed by atoms with Crippen LogP contribution in [0.25, 0.3) is 22.4 Å². The summed E-state index contributed by atoms with van der Waals surface area (Å²) in [4.78, 5) is 13.2. The highest BCUT2D eigenvalue weighted by atomic mass is 35.5. The summed E-state index contributed by atoms with van der Waals surface area (Å²) >= 11 is 6.62. The first-order chi connectivity index (χ1) is 15.1. The van der Waals surface area contributed by atoms with E-state index in [9.17, 15) is 0 Å². The third-order valence-electron chi connectivity index (χ3n) is 6.27. The second kappa shape index (κ2) is 10.0. The SMILES string of the molecule is CCc1ccc2[nH]c(-c3ccc(OCCCN4CCN(C)CC4)cc3Cl)nc2c1CC. The van der Waals surface area contributed by atoms with Crippen molar-refractivity contribution in [2.75, 3.05) is 46.4 Å². The van der Waals surface area contributed by atoms with E-state index in [0.717, 1.165) is 80.2 Å². The van der Waals surface area contributed by atoms with Crippen LogP contribution >= 0.6 is 11.6 Å². The van der Waals surface area contributed by atoms with E-state index in [4.69, 9.17) is 21.3 Å². The van der Waals surface area contributed by atoms with Gasteiger partial charge in [0.25, 0.3) is 0 Å². The highest BCUT2D eigenvalue weighted by molar-refractivity contribution is 6.33. The number of ether oxygens (including phenoxy) is 1. The number of benzene rings is 2. The summed E-state index contributed by atoms with van der Waals surface area (Å²) in [7, 11) is 2.18. The highest BCUT2D eigenvalue weighted by Gasteiger charge is 2.15. The second-order valence-electron chi connectivity index (χ2n) is 8.38. The molecule has 1 saturated heterocycles. The largest absolute Gasteiger partial charge is 0.493 e. The maximum Gasteiger partial charge on any atom is 0.140 e. The van der Waals surface area contributed by atoms with Gasteiger partial charge in [0.15, 0.2) is 0 Å². The molecule has 4 rings (SSSR count). The Labute approximate surface area is 190 Å². The van der Waals surface area contributed by atoms with Crippen LogP contribution in [0.15, 0.2) is 30.3 Å². The van der Waals surface area contributed by atoms with E-state index < -0.39 is 0 Å². The number of likely N-dealkylation sites (N-methyl/N-ethyl adjacent to an activating group) is 1. The van der Waals surface area contributed by atoms with E-state index in [0.29, 0.717) is 11.6 Å². The number of aromatic amines is 1. The summed E-state index contributed by atoms with van der Waals surface area (Å²) in [5, 5.41) is 0.657. The number of hydrogen-bond donors (Lipinski definition) is 1. The predicted molar refractivity (Wildman–Crippen MR) is 129 cm³/mol. The summed E-state index contributed by atoms with van der Waals surface area (Å²) in [6, 6.07) is 10.2. The number of H-pyrrole nitrogens is 1. The number of nitrogens with one attached hydrogen (secondary N) is 1. The summed E-state index contributed by atoms with van der Waals surface area (Å²) in [6.07, 6.45) is 3.01. The Kier molecular flexibility index (Phi) is 7.16. The van der Waals surface area contributed by atoms with Crippen LogP contribution in [0.3, 0.4) is 0 Å². The Balaban J connectivity index is 1.40. The van der Waals surface area contributed by atoms with Gasteiger partial charge >= 0.3 is 0 Å². The van der Waals surface area contributed by atoms with Crippen LogP contribution in [-0.2, 0) is 12.8 Å². The molecule has 1 aliphatic rings. The zero-order valence-corrected chi connectivity index (χ0v) is 19.6. The number of fused-ring (bicyclic) bond motifs is 1. The Morgan fingerprint density at radius 2 is 1.87 bits per heavy atom. The van der Waals surface area contributed by atoms with Crippen molar-refractivity contribution in [2.24, 2.45) is 0 Å². The zero-order valence-electron chi connectivity index (χ0n) is 18.9.